The molecular weight excluding hydrogens is 214 g/mol. The lowest BCUT2D eigenvalue weighted by Gasteiger charge is -2.18. The average molecular weight is 231 g/mol. The molecule has 0 radical (unpaired) electrons. The molecule has 0 bridgehead atoms. The fraction of sp³-hybridized carbons (Fsp3) is 0.462. The number of guanidine groups is 1. The van der Waals surface area contributed by atoms with E-state index >= 15 is 0 Å². The molecule has 17 heavy (non-hydrogen) atoms. The molecule has 4 heteroatoms. The molecular formula is C13H17N3O. The molecule has 1 fully saturated rings. The van der Waals surface area contributed by atoms with Crippen LogP contribution in [0.3, 0.4) is 0 Å². The van der Waals surface area contributed by atoms with Gasteiger partial charge in [0.2, 0.25) is 0 Å². The second-order valence-corrected chi connectivity index (χ2v) is 4.69. The van der Waals surface area contributed by atoms with Crippen molar-refractivity contribution in [2.45, 2.75) is 24.9 Å². The number of fused-ring (bicyclic) bond motifs is 1. The van der Waals surface area contributed by atoms with Gasteiger partial charge in [0.15, 0.2) is 5.96 Å². The molecule has 0 aromatic heterocycles. The Balaban J connectivity index is 1.80. The first kappa shape index (κ1) is 10.4. The molecule has 3 rings (SSSR count). The Hall–Kier alpha value is -1.71. The van der Waals surface area contributed by atoms with Gasteiger partial charge in [-0.05, 0) is 18.9 Å². The summed E-state index contributed by atoms with van der Waals surface area (Å²) in [7, 11) is 2.01. The Morgan fingerprint density at radius 2 is 2.18 bits per heavy atom. The monoisotopic (exact) mass is 231 g/mol. The molecule has 2 aliphatic rings. The molecule has 1 aromatic rings. The lowest BCUT2D eigenvalue weighted by molar-refractivity contribution is 0.332. The maximum atomic E-state index is 6.02. The van der Waals surface area contributed by atoms with E-state index in [1.807, 2.05) is 25.2 Å². The van der Waals surface area contributed by atoms with Gasteiger partial charge in [0, 0.05) is 18.7 Å². The molecule has 0 spiro atoms. The van der Waals surface area contributed by atoms with E-state index in [1.54, 1.807) is 0 Å². The molecule has 1 unspecified atom stereocenters. The van der Waals surface area contributed by atoms with Gasteiger partial charge < -0.3 is 15.4 Å². The minimum absolute atomic E-state index is 0.0485. The summed E-state index contributed by atoms with van der Waals surface area (Å²) in [5.74, 6) is 1.56. The van der Waals surface area contributed by atoms with Crippen molar-refractivity contribution < 1.29 is 4.74 Å². The van der Waals surface area contributed by atoms with Crippen molar-refractivity contribution >= 4 is 5.96 Å². The molecule has 90 valence electrons. The van der Waals surface area contributed by atoms with Gasteiger partial charge in [0.25, 0.3) is 0 Å². The molecule has 1 aliphatic heterocycles. The van der Waals surface area contributed by atoms with Crippen molar-refractivity contribution in [1.29, 1.82) is 0 Å². The van der Waals surface area contributed by atoms with Gasteiger partial charge in [-0.3, -0.25) is 0 Å². The largest absolute Gasteiger partial charge is 0.491 e. The summed E-state index contributed by atoms with van der Waals surface area (Å²) in [4.78, 5) is 6.64. The van der Waals surface area contributed by atoms with Crippen LogP contribution in [0.2, 0.25) is 0 Å². The van der Waals surface area contributed by atoms with E-state index in [9.17, 15) is 0 Å². The highest BCUT2D eigenvalue weighted by molar-refractivity contribution is 5.79. The number of ether oxygens (including phenoxy) is 1. The Labute approximate surface area is 101 Å². The predicted molar refractivity (Wildman–Crippen MR) is 67.1 cm³/mol. The van der Waals surface area contributed by atoms with Gasteiger partial charge in [0.05, 0.1) is 0 Å². The number of aliphatic imine (C=N–C) groups is 1. The third kappa shape index (κ3) is 1.95. The van der Waals surface area contributed by atoms with Crippen molar-refractivity contribution in [3.63, 3.8) is 0 Å². The van der Waals surface area contributed by atoms with Crippen LogP contribution in [0, 0.1) is 0 Å². The number of hydrogen-bond donors (Lipinski definition) is 1. The van der Waals surface area contributed by atoms with E-state index in [4.69, 9.17) is 10.5 Å². The summed E-state index contributed by atoms with van der Waals surface area (Å²) in [6, 6.07) is 8.66. The van der Waals surface area contributed by atoms with Gasteiger partial charge in [-0.1, -0.05) is 18.2 Å². The number of nitrogens with zero attached hydrogens (tertiary/aromatic N) is 2. The van der Waals surface area contributed by atoms with Crippen LogP contribution >= 0.6 is 0 Å². The second-order valence-electron chi connectivity index (χ2n) is 4.69. The zero-order valence-electron chi connectivity index (χ0n) is 9.97. The summed E-state index contributed by atoms with van der Waals surface area (Å²) in [6.07, 6.45) is 2.45. The molecule has 1 atom stereocenters. The van der Waals surface area contributed by atoms with Crippen molar-refractivity contribution in [1.82, 2.24) is 4.90 Å². The highest BCUT2D eigenvalue weighted by atomic mass is 16.5. The fourth-order valence-corrected chi connectivity index (χ4v) is 2.15. The van der Waals surface area contributed by atoms with E-state index in [2.05, 4.69) is 16.0 Å². The highest BCUT2D eigenvalue weighted by Crippen LogP contribution is 2.34. The van der Waals surface area contributed by atoms with Crippen LogP contribution in [0.25, 0.3) is 0 Å². The van der Waals surface area contributed by atoms with Crippen molar-refractivity contribution in [2.24, 2.45) is 10.7 Å². The van der Waals surface area contributed by atoms with E-state index in [0.717, 1.165) is 11.3 Å². The summed E-state index contributed by atoms with van der Waals surface area (Å²) in [5, 5.41) is 0. The minimum Gasteiger partial charge on any atom is -0.491 e. The summed E-state index contributed by atoms with van der Waals surface area (Å²) in [5.41, 5.74) is 7.15. The molecule has 0 saturated heterocycles. The van der Waals surface area contributed by atoms with E-state index < -0.39 is 0 Å². The summed E-state index contributed by atoms with van der Waals surface area (Å²) in [6.45, 7) is 0.596. The van der Waals surface area contributed by atoms with Crippen molar-refractivity contribution in [3.8, 4) is 5.75 Å². The molecule has 1 saturated carbocycles. The Morgan fingerprint density at radius 3 is 2.94 bits per heavy atom. The molecule has 0 amide bonds. The predicted octanol–water partition coefficient (Wildman–Crippen LogP) is 1.53. The zero-order valence-corrected chi connectivity index (χ0v) is 9.97. The molecule has 4 nitrogen and oxygen atoms in total. The zero-order chi connectivity index (χ0) is 11.8. The maximum Gasteiger partial charge on any atom is 0.191 e. The molecule has 1 aliphatic carbocycles. The third-order valence-corrected chi connectivity index (χ3v) is 3.42. The van der Waals surface area contributed by atoms with Crippen LogP contribution in [0.4, 0.5) is 0 Å². The number of hydrogen-bond acceptors (Lipinski definition) is 2. The average Bonchev–Trinajstić information content (AvgIpc) is 3.12. The number of rotatable bonds is 2. The minimum atomic E-state index is 0.0485. The first-order chi connectivity index (χ1) is 8.25. The number of nitrogens with two attached hydrogens (primary N) is 1. The molecule has 1 heterocycles. The number of para-hydroxylation sites is 1. The highest BCUT2D eigenvalue weighted by Gasteiger charge is 2.29. The van der Waals surface area contributed by atoms with Gasteiger partial charge in [-0.25, -0.2) is 4.99 Å². The number of benzene rings is 1. The lowest BCUT2D eigenvalue weighted by Crippen LogP contribution is -2.36. The molecule has 1 aromatic carbocycles. The first-order valence-corrected chi connectivity index (χ1v) is 6.03. The van der Waals surface area contributed by atoms with E-state index in [-0.39, 0.29) is 6.04 Å². The maximum absolute atomic E-state index is 6.02. The molecule has 2 N–H and O–H groups in total. The van der Waals surface area contributed by atoms with E-state index in [1.165, 1.54) is 12.8 Å². The van der Waals surface area contributed by atoms with Crippen LogP contribution in [0.1, 0.15) is 24.4 Å². The van der Waals surface area contributed by atoms with Crippen molar-refractivity contribution in [2.75, 3.05) is 13.7 Å². The van der Waals surface area contributed by atoms with Crippen LogP contribution in [-0.4, -0.2) is 30.6 Å². The Bertz CT molecular complexity index is 454. The smallest absolute Gasteiger partial charge is 0.191 e. The van der Waals surface area contributed by atoms with Crippen LogP contribution in [0.5, 0.6) is 5.75 Å². The van der Waals surface area contributed by atoms with Crippen LogP contribution in [0.15, 0.2) is 29.3 Å². The van der Waals surface area contributed by atoms with Gasteiger partial charge in [-0.2, -0.15) is 0 Å². The van der Waals surface area contributed by atoms with Gasteiger partial charge in [0.1, 0.15) is 18.4 Å². The van der Waals surface area contributed by atoms with Crippen LogP contribution in [-0.2, 0) is 0 Å². The SMILES string of the molecule is CN(C(N)=NC1COc2ccccc21)C1CC1. The quantitative estimate of drug-likeness (QED) is 0.620. The summed E-state index contributed by atoms with van der Waals surface area (Å²) >= 11 is 0. The lowest BCUT2D eigenvalue weighted by atomic mass is 10.1. The van der Waals surface area contributed by atoms with E-state index in [0.29, 0.717) is 18.6 Å². The Morgan fingerprint density at radius 1 is 1.41 bits per heavy atom. The van der Waals surface area contributed by atoms with Crippen LogP contribution < -0.4 is 10.5 Å². The summed E-state index contributed by atoms with van der Waals surface area (Å²) < 4.78 is 5.59. The topological polar surface area (TPSA) is 50.8 Å². The van der Waals surface area contributed by atoms with Crippen molar-refractivity contribution in [3.05, 3.63) is 29.8 Å². The normalized spacial score (nSPS) is 23.1. The second kappa shape index (κ2) is 3.95. The van der Waals surface area contributed by atoms with Gasteiger partial charge >= 0.3 is 0 Å². The Kier molecular flexibility index (Phi) is 2.42. The van der Waals surface area contributed by atoms with Gasteiger partial charge in [-0.15, -0.1) is 0 Å². The third-order valence-electron chi connectivity index (χ3n) is 3.42. The fourth-order valence-electron chi connectivity index (χ4n) is 2.15. The first-order valence-electron chi connectivity index (χ1n) is 6.03. The standard InChI is InChI=1S/C13H17N3O/c1-16(9-6-7-9)13(14)15-11-8-17-12-5-3-2-4-10(11)12/h2-5,9,11H,6-8H2,1H3,(H2,14,15).